The first-order valence-corrected chi connectivity index (χ1v) is 11.9. The Kier molecular flexibility index (Phi) is 12.5. The van der Waals surface area contributed by atoms with Crippen molar-refractivity contribution in [1.29, 1.82) is 0 Å². The third-order valence-electron chi connectivity index (χ3n) is 6.53. The second kappa shape index (κ2) is 14.8. The van der Waals surface area contributed by atoms with E-state index in [2.05, 4.69) is 57.6 Å². The Labute approximate surface area is 211 Å². The second-order valence-corrected chi connectivity index (χ2v) is 8.97. The molecular formula is C26H39Cl2N3O2. The molecule has 2 aromatic rings. The number of aliphatic hydroxyl groups is 1. The maximum atomic E-state index is 10.3. The van der Waals surface area contributed by atoms with E-state index in [1.807, 2.05) is 12.1 Å². The van der Waals surface area contributed by atoms with Crippen LogP contribution in [0.15, 0.2) is 54.6 Å². The number of benzene rings is 2. The summed E-state index contributed by atoms with van der Waals surface area (Å²) in [7, 11) is 0. The highest BCUT2D eigenvalue weighted by Crippen LogP contribution is 2.28. The van der Waals surface area contributed by atoms with Crippen LogP contribution in [0.3, 0.4) is 0 Å². The van der Waals surface area contributed by atoms with Crippen molar-refractivity contribution in [3.8, 4) is 5.75 Å². The lowest BCUT2D eigenvalue weighted by molar-refractivity contribution is 0.0703. The molecule has 2 N–H and O–H groups in total. The first-order valence-electron chi connectivity index (χ1n) is 11.9. The minimum Gasteiger partial charge on any atom is -0.491 e. The monoisotopic (exact) mass is 495 g/mol. The molecule has 5 nitrogen and oxygen atoms in total. The Balaban J connectivity index is 0.00000193. The summed E-state index contributed by atoms with van der Waals surface area (Å²) in [5.41, 5.74) is 2.81. The molecule has 0 aromatic heterocycles. The number of β-amino-alcohol motifs (C(OH)–C–C–N with tert-alkyl or cyclic N) is 1. The number of likely N-dealkylation sites (tertiary alicyclic amines) is 1. The molecule has 2 saturated heterocycles. The van der Waals surface area contributed by atoms with E-state index in [0.29, 0.717) is 19.1 Å². The fraction of sp³-hybridized carbons (Fsp3) is 0.538. The van der Waals surface area contributed by atoms with Crippen molar-refractivity contribution >= 4 is 24.8 Å². The van der Waals surface area contributed by atoms with Crippen LogP contribution in [-0.4, -0.2) is 73.4 Å². The number of halogens is 2. The van der Waals surface area contributed by atoms with E-state index in [0.717, 1.165) is 58.0 Å². The van der Waals surface area contributed by atoms with Crippen LogP contribution in [0.25, 0.3) is 0 Å². The molecule has 4 rings (SSSR count). The number of ether oxygens (including phenoxy) is 1. The van der Waals surface area contributed by atoms with Crippen LogP contribution in [0.4, 0.5) is 0 Å². The van der Waals surface area contributed by atoms with Crippen LogP contribution in [-0.2, 0) is 6.54 Å². The third kappa shape index (κ3) is 9.08. The molecule has 7 heteroatoms. The normalized spacial score (nSPS) is 19.1. The molecule has 2 aromatic carbocycles. The van der Waals surface area contributed by atoms with Crippen molar-refractivity contribution < 1.29 is 9.84 Å². The number of nitrogens with one attached hydrogen (secondary N) is 1. The zero-order valence-electron chi connectivity index (χ0n) is 19.4. The van der Waals surface area contributed by atoms with Crippen LogP contribution in [0.5, 0.6) is 5.75 Å². The van der Waals surface area contributed by atoms with Gasteiger partial charge in [0.1, 0.15) is 18.5 Å². The van der Waals surface area contributed by atoms with Gasteiger partial charge in [0.2, 0.25) is 0 Å². The van der Waals surface area contributed by atoms with Gasteiger partial charge >= 0.3 is 0 Å². The Morgan fingerprint density at radius 1 is 0.879 bits per heavy atom. The number of hydrogen-bond acceptors (Lipinski definition) is 5. The molecule has 0 spiro atoms. The first kappa shape index (κ1) is 27.9. The summed E-state index contributed by atoms with van der Waals surface area (Å²) in [6.07, 6.45) is 3.15. The zero-order valence-corrected chi connectivity index (χ0v) is 21.0. The predicted molar refractivity (Wildman–Crippen MR) is 140 cm³/mol. The van der Waals surface area contributed by atoms with Crippen molar-refractivity contribution in [2.75, 3.05) is 52.4 Å². The van der Waals surface area contributed by atoms with Crippen LogP contribution < -0.4 is 10.1 Å². The molecule has 0 bridgehead atoms. The van der Waals surface area contributed by atoms with Gasteiger partial charge in [0.05, 0.1) is 0 Å². The summed E-state index contributed by atoms with van der Waals surface area (Å²) in [6.45, 7) is 8.42. The molecule has 0 aliphatic carbocycles. The van der Waals surface area contributed by atoms with Gasteiger partial charge in [-0.05, 0) is 74.6 Å². The molecule has 2 aliphatic heterocycles. The van der Waals surface area contributed by atoms with Gasteiger partial charge in [-0.2, -0.15) is 0 Å². The predicted octanol–water partition coefficient (Wildman–Crippen LogP) is 3.94. The van der Waals surface area contributed by atoms with Crippen molar-refractivity contribution in [3.63, 3.8) is 0 Å². The summed E-state index contributed by atoms with van der Waals surface area (Å²) >= 11 is 0. The molecule has 1 unspecified atom stereocenters. The molecule has 2 fully saturated rings. The molecule has 0 saturated carbocycles. The van der Waals surface area contributed by atoms with Gasteiger partial charge < -0.3 is 15.2 Å². The third-order valence-corrected chi connectivity index (χ3v) is 6.53. The van der Waals surface area contributed by atoms with Crippen molar-refractivity contribution in [1.82, 2.24) is 15.1 Å². The zero-order chi connectivity index (χ0) is 21.3. The molecule has 0 amide bonds. The summed E-state index contributed by atoms with van der Waals surface area (Å²) < 4.78 is 5.84. The topological polar surface area (TPSA) is 48.0 Å². The first-order chi connectivity index (χ1) is 15.3. The summed E-state index contributed by atoms with van der Waals surface area (Å²) in [5, 5.41) is 13.7. The van der Waals surface area contributed by atoms with Gasteiger partial charge in [-0.25, -0.2) is 0 Å². The van der Waals surface area contributed by atoms with Crippen molar-refractivity contribution in [3.05, 3.63) is 65.7 Å². The number of hydrogen-bond donors (Lipinski definition) is 2. The van der Waals surface area contributed by atoms with E-state index in [4.69, 9.17) is 4.74 Å². The quantitative estimate of drug-likeness (QED) is 0.580. The Bertz CT molecular complexity index is 763. The van der Waals surface area contributed by atoms with E-state index in [-0.39, 0.29) is 24.8 Å². The fourth-order valence-corrected chi connectivity index (χ4v) is 4.73. The Hall–Kier alpha value is -1.34. The SMILES string of the molecule is Cl.Cl.OC(COc1ccc(CN2CCC(c3ccccc3)CC2)cc1)CN1CCCNCC1. The molecule has 0 radical (unpaired) electrons. The maximum absolute atomic E-state index is 10.3. The van der Waals surface area contributed by atoms with Crippen LogP contribution in [0, 0.1) is 0 Å². The highest BCUT2D eigenvalue weighted by molar-refractivity contribution is 5.85. The molecular weight excluding hydrogens is 457 g/mol. The lowest BCUT2D eigenvalue weighted by Crippen LogP contribution is -2.37. The summed E-state index contributed by atoms with van der Waals surface area (Å²) in [6, 6.07) is 19.3. The van der Waals surface area contributed by atoms with Gasteiger partial charge in [0.15, 0.2) is 0 Å². The lowest BCUT2D eigenvalue weighted by atomic mass is 9.89. The highest BCUT2D eigenvalue weighted by Gasteiger charge is 2.20. The lowest BCUT2D eigenvalue weighted by Gasteiger charge is -2.32. The second-order valence-electron chi connectivity index (χ2n) is 8.97. The minimum absolute atomic E-state index is 0. The van der Waals surface area contributed by atoms with Crippen molar-refractivity contribution in [2.24, 2.45) is 0 Å². The molecule has 1 atom stereocenters. The Morgan fingerprint density at radius 2 is 1.61 bits per heavy atom. The van der Waals surface area contributed by atoms with E-state index in [9.17, 15) is 5.11 Å². The summed E-state index contributed by atoms with van der Waals surface area (Å²) in [5.74, 6) is 1.54. The molecule has 184 valence electrons. The van der Waals surface area contributed by atoms with Crippen LogP contribution in [0.2, 0.25) is 0 Å². The van der Waals surface area contributed by atoms with Gasteiger partial charge in [-0.1, -0.05) is 42.5 Å². The number of piperidine rings is 1. The largest absolute Gasteiger partial charge is 0.491 e. The number of rotatable bonds is 8. The van der Waals surface area contributed by atoms with E-state index in [1.54, 1.807) is 0 Å². The van der Waals surface area contributed by atoms with Gasteiger partial charge in [0.25, 0.3) is 0 Å². The van der Waals surface area contributed by atoms with E-state index < -0.39 is 6.10 Å². The summed E-state index contributed by atoms with van der Waals surface area (Å²) in [4.78, 5) is 4.87. The average Bonchev–Trinajstić information content (AvgIpc) is 3.08. The number of aliphatic hydroxyl groups excluding tert-OH is 1. The van der Waals surface area contributed by atoms with Crippen LogP contribution >= 0.6 is 24.8 Å². The molecule has 33 heavy (non-hydrogen) atoms. The van der Waals surface area contributed by atoms with Crippen molar-refractivity contribution in [2.45, 2.75) is 37.8 Å². The minimum atomic E-state index is -0.455. The molecule has 2 aliphatic rings. The number of nitrogens with zero attached hydrogens (tertiary/aromatic N) is 2. The van der Waals surface area contributed by atoms with E-state index >= 15 is 0 Å². The van der Waals surface area contributed by atoms with Gasteiger partial charge in [-0.15, -0.1) is 24.8 Å². The van der Waals surface area contributed by atoms with Gasteiger partial charge in [-0.3, -0.25) is 9.80 Å². The maximum Gasteiger partial charge on any atom is 0.119 e. The fourth-order valence-electron chi connectivity index (χ4n) is 4.73. The van der Waals surface area contributed by atoms with Gasteiger partial charge in [0, 0.05) is 26.2 Å². The Morgan fingerprint density at radius 3 is 2.33 bits per heavy atom. The van der Waals surface area contributed by atoms with E-state index in [1.165, 1.54) is 24.0 Å². The highest BCUT2D eigenvalue weighted by atomic mass is 35.5. The van der Waals surface area contributed by atoms with Crippen LogP contribution in [0.1, 0.15) is 36.3 Å². The standard InChI is InChI=1S/C26H37N3O2.2ClH/c30-25(20-28-15-4-13-27-14-18-28)21-31-26-9-7-22(8-10-26)19-29-16-11-24(12-17-29)23-5-2-1-3-6-23;;/h1-3,5-10,24-25,27,30H,4,11-21H2;2*1H. The molecule has 2 heterocycles. The smallest absolute Gasteiger partial charge is 0.119 e. The average molecular weight is 497 g/mol.